The number of H-pyrrole nitrogens is 1. The van der Waals surface area contributed by atoms with Crippen molar-refractivity contribution in [2.75, 3.05) is 6.26 Å². The van der Waals surface area contributed by atoms with Crippen molar-refractivity contribution >= 4 is 75.3 Å². The van der Waals surface area contributed by atoms with Gasteiger partial charge in [0, 0.05) is 37.3 Å². The van der Waals surface area contributed by atoms with Crippen LogP contribution in [0.2, 0.25) is 0 Å². The summed E-state index contributed by atoms with van der Waals surface area (Å²) in [5.41, 5.74) is 4.49. The van der Waals surface area contributed by atoms with E-state index in [-0.39, 0.29) is 0 Å². The summed E-state index contributed by atoms with van der Waals surface area (Å²) in [4.78, 5) is 4.63. The van der Waals surface area contributed by atoms with E-state index < -0.39 is 11.2 Å². The SMILES string of the molecule is C[S+]([O-])c1ccccc1-c1cc2ccc3cc4c5ccccc5sc4c4[nH]c(c1)c2c34. The van der Waals surface area contributed by atoms with Crippen LogP contribution < -0.4 is 0 Å². The van der Waals surface area contributed by atoms with Gasteiger partial charge in [-0.25, -0.2) is 0 Å². The quantitative estimate of drug-likeness (QED) is 0.219. The van der Waals surface area contributed by atoms with Crippen LogP contribution in [0.3, 0.4) is 0 Å². The highest BCUT2D eigenvalue weighted by Gasteiger charge is 2.19. The number of nitrogens with one attached hydrogen (secondary N) is 1. The maximum Gasteiger partial charge on any atom is 0.160 e. The maximum absolute atomic E-state index is 12.3. The van der Waals surface area contributed by atoms with Gasteiger partial charge in [0.25, 0.3) is 0 Å². The lowest BCUT2D eigenvalue weighted by molar-refractivity contribution is 0.601. The molecule has 148 valence electrons. The van der Waals surface area contributed by atoms with E-state index in [1.807, 2.05) is 29.5 Å². The number of hydrogen-bond acceptors (Lipinski definition) is 2. The van der Waals surface area contributed by atoms with Gasteiger partial charge in [0.1, 0.15) is 6.26 Å². The van der Waals surface area contributed by atoms with Crippen LogP contribution in [-0.2, 0) is 11.2 Å². The summed E-state index contributed by atoms with van der Waals surface area (Å²) in [7, 11) is 0. The summed E-state index contributed by atoms with van der Waals surface area (Å²) < 4.78 is 15.0. The molecule has 0 saturated heterocycles. The molecule has 7 rings (SSSR count). The second kappa shape index (κ2) is 6.24. The van der Waals surface area contributed by atoms with E-state index >= 15 is 0 Å². The smallest absolute Gasteiger partial charge is 0.160 e. The molecule has 2 heterocycles. The fourth-order valence-electron chi connectivity index (χ4n) is 5.00. The normalized spacial score (nSPS) is 13.4. The molecule has 0 aliphatic rings. The fourth-order valence-corrected chi connectivity index (χ4v) is 6.95. The summed E-state index contributed by atoms with van der Waals surface area (Å²) in [6, 6.07) is 27.9. The van der Waals surface area contributed by atoms with Gasteiger partial charge in [-0.15, -0.1) is 11.3 Å². The molecule has 1 unspecified atom stereocenters. The van der Waals surface area contributed by atoms with Crippen molar-refractivity contribution in [3.8, 4) is 11.1 Å². The third-order valence-electron chi connectivity index (χ3n) is 6.33. The van der Waals surface area contributed by atoms with Crippen molar-refractivity contribution < 1.29 is 4.55 Å². The molecule has 0 saturated carbocycles. The molecule has 0 bridgehead atoms. The molecule has 0 fully saturated rings. The van der Waals surface area contributed by atoms with Gasteiger partial charge in [-0.2, -0.15) is 0 Å². The Balaban J connectivity index is 1.62. The molecule has 0 spiro atoms. The average Bonchev–Trinajstić information content (AvgIpc) is 3.36. The van der Waals surface area contributed by atoms with E-state index in [4.69, 9.17) is 0 Å². The van der Waals surface area contributed by atoms with Crippen molar-refractivity contribution in [3.63, 3.8) is 0 Å². The Morgan fingerprint density at radius 1 is 0.806 bits per heavy atom. The number of benzene rings is 5. The average molecular weight is 436 g/mol. The minimum absolute atomic E-state index is 0.873. The van der Waals surface area contributed by atoms with Crippen LogP contribution in [-0.4, -0.2) is 15.8 Å². The van der Waals surface area contributed by atoms with Crippen LogP contribution in [0.4, 0.5) is 0 Å². The number of thiophene rings is 1. The summed E-state index contributed by atoms with van der Waals surface area (Å²) >= 11 is 0.816. The molecule has 0 aliphatic heterocycles. The van der Waals surface area contributed by atoms with E-state index in [9.17, 15) is 4.55 Å². The van der Waals surface area contributed by atoms with Gasteiger partial charge in [-0.05, 0) is 63.9 Å². The van der Waals surface area contributed by atoms with E-state index in [0.29, 0.717) is 0 Å². The van der Waals surface area contributed by atoms with Gasteiger partial charge in [0.2, 0.25) is 0 Å². The van der Waals surface area contributed by atoms with Crippen LogP contribution in [0.15, 0.2) is 83.8 Å². The topological polar surface area (TPSA) is 38.8 Å². The van der Waals surface area contributed by atoms with Crippen LogP contribution in [0.5, 0.6) is 0 Å². The third-order valence-corrected chi connectivity index (χ3v) is 8.51. The van der Waals surface area contributed by atoms with Crippen molar-refractivity contribution in [1.82, 2.24) is 4.98 Å². The maximum atomic E-state index is 12.3. The monoisotopic (exact) mass is 435 g/mol. The Morgan fingerprint density at radius 2 is 1.58 bits per heavy atom. The van der Waals surface area contributed by atoms with Crippen LogP contribution >= 0.6 is 11.3 Å². The molecular weight excluding hydrogens is 418 g/mol. The van der Waals surface area contributed by atoms with Crippen molar-refractivity contribution in [1.29, 1.82) is 0 Å². The van der Waals surface area contributed by atoms with Crippen LogP contribution in [0, 0.1) is 0 Å². The lowest BCUT2D eigenvalue weighted by Crippen LogP contribution is -1.99. The molecular formula is C27H17NOS2. The van der Waals surface area contributed by atoms with E-state index in [2.05, 4.69) is 65.6 Å². The lowest BCUT2D eigenvalue weighted by Gasteiger charge is -2.11. The molecule has 1 N–H and O–H groups in total. The number of rotatable bonds is 2. The Bertz CT molecular complexity index is 1770. The number of aromatic amines is 1. The molecule has 4 heteroatoms. The highest BCUT2D eigenvalue weighted by Crippen LogP contribution is 2.45. The molecule has 0 amide bonds. The zero-order valence-electron chi connectivity index (χ0n) is 16.7. The number of fused-ring (bicyclic) bond motifs is 4. The first kappa shape index (κ1) is 17.6. The third kappa shape index (κ3) is 2.38. The molecule has 1 atom stereocenters. The minimum atomic E-state index is -1.04. The first-order valence-corrected chi connectivity index (χ1v) is 12.6. The van der Waals surface area contributed by atoms with Gasteiger partial charge in [-0.1, -0.05) is 42.5 Å². The summed E-state index contributed by atoms with van der Waals surface area (Å²) in [6.45, 7) is 0. The van der Waals surface area contributed by atoms with Gasteiger partial charge < -0.3 is 9.54 Å². The van der Waals surface area contributed by atoms with Crippen molar-refractivity contribution in [3.05, 3.63) is 78.9 Å². The van der Waals surface area contributed by atoms with Gasteiger partial charge >= 0.3 is 0 Å². The molecule has 31 heavy (non-hydrogen) atoms. The zero-order chi connectivity index (χ0) is 20.7. The molecule has 5 aromatic carbocycles. The van der Waals surface area contributed by atoms with Gasteiger partial charge in [-0.3, -0.25) is 0 Å². The predicted octanol–water partition coefficient (Wildman–Crippen LogP) is 7.68. The first-order valence-electron chi connectivity index (χ1n) is 10.2. The first-order chi connectivity index (χ1) is 15.2. The largest absolute Gasteiger partial charge is 0.612 e. The predicted molar refractivity (Wildman–Crippen MR) is 135 cm³/mol. The van der Waals surface area contributed by atoms with Gasteiger partial charge in [0.15, 0.2) is 4.90 Å². The number of aromatic nitrogens is 1. The second-order valence-corrected chi connectivity index (χ2v) is 10.5. The summed E-state index contributed by atoms with van der Waals surface area (Å²) in [5, 5.41) is 7.71. The van der Waals surface area contributed by atoms with Crippen molar-refractivity contribution in [2.24, 2.45) is 0 Å². The number of hydrogen-bond donors (Lipinski definition) is 1. The standard InChI is InChI=1S/C27H17NOS2/c1-31(29)23-9-5-3-6-18(23)17-12-15-10-11-16-13-20-19-7-2-4-8-22(19)30-27(20)26-25(16)24(15)21(14-17)28-26/h2-14,28H,1H3. The Morgan fingerprint density at radius 3 is 2.45 bits per heavy atom. The van der Waals surface area contributed by atoms with E-state index in [0.717, 1.165) is 21.5 Å². The van der Waals surface area contributed by atoms with Crippen LogP contribution in [0.1, 0.15) is 0 Å². The molecule has 0 radical (unpaired) electrons. The fraction of sp³-hybridized carbons (Fsp3) is 0.0370. The Kier molecular flexibility index (Phi) is 3.54. The second-order valence-electron chi connectivity index (χ2n) is 8.09. The van der Waals surface area contributed by atoms with Crippen LogP contribution in [0.25, 0.3) is 63.9 Å². The van der Waals surface area contributed by atoms with Gasteiger partial charge in [0.05, 0.1) is 10.2 Å². The molecule has 2 aromatic heterocycles. The summed E-state index contributed by atoms with van der Waals surface area (Å²) in [5.74, 6) is 0. The highest BCUT2D eigenvalue weighted by atomic mass is 32.2. The van der Waals surface area contributed by atoms with E-state index in [1.54, 1.807) is 6.26 Å². The minimum Gasteiger partial charge on any atom is -0.612 e. The van der Waals surface area contributed by atoms with E-state index in [1.165, 1.54) is 47.2 Å². The summed E-state index contributed by atoms with van der Waals surface area (Å²) in [6.07, 6.45) is 1.74. The molecule has 7 aromatic rings. The molecule has 0 aliphatic carbocycles. The Labute approximate surface area is 185 Å². The Hall–Kier alpha value is -3.05. The zero-order valence-corrected chi connectivity index (χ0v) is 18.4. The lowest BCUT2D eigenvalue weighted by atomic mass is 9.96. The highest BCUT2D eigenvalue weighted by molar-refractivity contribution is 7.90. The van der Waals surface area contributed by atoms with Crippen molar-refractivity contribution in [2.45, 2.75) is 4.90 Å². The molecule has 2 nitrogen and oxygen atoms in total.